The highest BCUT2D eigenvalue weighted by molar-refractivity contribution is 5.76. The van der Waals surface area contributed by atoms with E-state index in [9.17, 15) is 9.59 Å². The number of rotatable bonds is 5. The van der Waals surface area contributed by atoms with Crippen LogP contribution in [0.1, 0.15) is 37.4 Å². The van der Waals surface area contributed by atoms with Crippen molar-refractivity contribution >= 4 is 11.7 Å². The van der Waals surface area contributed by atoms with Crippen molar-refractivity contribution in [1.82, 2.24) is 24.5 Å². The quantitative estimate of drug-likeness (QED) is 0.803. The lowest BCUT2D eigenvalue weighted by atomic mass is 10.2. The first-order valence-electron chi connectivity index (χ1n) is 7.43. The van der Waals surface area contributed by atoms with Crippen LogP contribution in [0.15, 0.2) is 11.1 Å². The van der Waals surface area contributed by atoms with E-state index in [-0.39, 0.29) is 18.0 Å². The molecule has 0 atom stereocenters. The molecule has 1 N–H and O–H groups in total. The first-order chi connectivity index (χ1) is 10.2. The zero-order valence-electron chi connectivity index (χ0n) is 12.1. The van der Waals surface area contributed by atoms with Crippen molar-refractivity contribution in [2.45, 2.75) is 45.6 Å². The number of aromatic nitrogens is 4. The van der Waals surface area contributed by atoms with Gasteiger partial charge in [0.15, 0.2) is 0 Å². The van der Waals surface area contributed by atoms with Crippen LogP contribution in [0.5, 0.6) is 0 Å². The van der Waals surface area contributed by atoms with Crippen molar-refractivity contribution in [3.8, 4) is 0 Å². The van der Waals surface area contributed by atoms with Crippen LogP contribution in [0, 0.1) is 0 Å². The van der Waals surface area contributed by atoms with Gasteiger partial charge < -0.3 is 9.88 Å². The molecule has 7 nitrogen and oxygen atoms in total. The van der Waals surface area contributed by atoms with Gasteiger partial charge in [-0.1, -0.05) is 13.3 Å². The molecule has 1 aliphatic rings. The highest BCUT2D eigenvalue weighted by Gasteiger charge is 2.23. The number of carbonyl (C=O) groups is 1. The molecule has 0 saturated heterocycles. The van der Waals surface area contributed by atoms with Crippen molar-refractivity contribution < 1.29 is 4.79 Å². The Morgan fingerprint density at radius 1 is 1.43 bits per heavy atom. The van der Waals surface area contributed by atoms with Crippen LogP contribution >= 0.6 is 0 Å². The molecule has 2 aromatic rings. The van der Waals surface area contributed by atoms with Gasteiger partial charge >= 0.3 is 0 Å². The van der Waals surface area contributed by atoms with Crippen LogP contribution in [-0.2, 0) is 24.2 Å². The van der Waals surface area contributed by atoms with Crippen LogP contribution in [0.25, 0.3) is 5.78 Å². The zero-order valence-corrected chi connectivity index (χ0v) is 12.1. The Balaban J connectivity index is 1.95. The molecule has 2 heterocycles. The monoisotopic (exact) mass is 289 g/mol. The van der Waals surface area contributed by atoms with E-state index in [0.29, 0.717) is 12.3 Å². The number of fused-ring (bicyclic) bond motifs is 2. The number of unbranched alkanes of at least 4 members (excludes halogenated alkanes) is 1. The number of nitrogens with zero attached hydrogens (tertiary/aromatic N) is 4. The maximum Gasteiger partial charge on any atom is 0.279 e. The SMILES string of the molecule is CCCCNC(=O)Cn1c2c(c(=O)n3ncnc13)CCC2. The number of hydrogen-bond donors (Lipinski definition) is 1. The Labute approximate surface area is 122 Å². The Morgan fingerprint density at radius 2 is 2.29 bits per heavy atom. The normalized spacial score (nSPS) is 13.6. The van der Waals surface area contributed by atoms with Crippen LogP contribution in [-0.4, -0.2) is 31.6 Å². The molecule has 3 rings (SSSR count). The Bertz CT molecular complexity index is 731. The molecule has 0 unspecified atom stereocenters. The van der Waals surface area contributed by atoms with Gasteiger partial charge in [0.05, 0.1) is 0 Å². The second kappa shape index (κ2) is 5.67. The van der Waals surface area contributed by atoms with Gasteiger partial charge in [-0.15, -0.1) is 0 Å². The van der Waals surface area contributed by atoms with Gasteiger partial charge in [0.25, 0.3) is 5.56 Å². The van der Waals surface area contributed by atoms with Crippen molar-refractivity contribution in [2.75, 3.05) is 6.54 Å². The van der Waals surface area contributed by atoms with E-state index in [4.69, 9.17) is 0 Å². The summed E-state index contributed by atoms with van der Waals surface area (Å²) in [6.07, 6.45) is 5.88. The van der Waals surface area contributed by atoms with E-state index in [1.165, 1.54) is 10.8 Å². The average Bonchev–Trinajstić information content (AvgIpc) is 3.13. The van der Waals surface area contributed by atoms with E-state index in [2.05, 4.69) is 22.3 Å². The topological polar surface area (TPSA) is 81.3 Å². The molecule has 7 heteroatoms. The number of carbonyl (C=O) groups excluding carboxylic acids is 1. The minimum Gasteiger partial charge on any atom is -0.355 e. The predicted octanol–water partition coefficient (Wildman–Crippen LogP) is 0.296. The van der Waals surface area contributed by atoms with Crippen LogP contribution in [0.3, 0.4) is 0 Å². The lowest BCUT2D eigenvalue weighted by Gasteiger charge is -2.13. The molecule has 2 aromatic heterocycles. The molecule has 0 aromatic carbocycles. The van der Waals surface area contributed by atoms with E-state index in [0.717, 1.165) is 43.4 Å². The number of amides is 1. The van der Waals surface area contributed by atoms with Gasteiger partial charge in [-0.05, 0) is 25.7 Å². The molecule has 0 fully saturated rings. The highest BCUT2D eigenvalue weighted by Crippen LogP contribution is 2.19. The molecule has 21 heavy (non-hydrogen) atoms. The van der Waals surface area contributed by atoms with Gasteiger partial charge in [0, 0.05) is 17.8 Å². The summed E-state index contributed by atoms with van der Waals surface area (Å²) in [7, 11) is 0. The van der Waals surface area contributed by atoms with Crippen LogP contribution < -0.4 is 10.9 Å². The van der Waals surface area contributed by atoms with E-state index >= 15 is 0 Å². The summed E-state index contributed by atoms with van der Waals surface area (Å²) in [5.41, 5.74) is 1.61. The molecule has 0 spiro atoms. The van der Waals surface area contributed by atoms with E-state index < -0.39 is 0 Å². The van der Waals surface area contributed by atoms with E-state index in [1.807, 2.05) is 4.57 Å². The predicted molar refractivity (Wildman–Crippen MR) is 77.2 cm³/mol. The third-order valence-electron chi connectivity index (χ3n) is 3.89. The Kier molecular flexibility index (Phi) is 3.72. The number of nitrogens with one attached hydrogen (secondary N) is 1. The summed E-state index contributed by atoms with van der Waals surface area (Å²) < 4.78 is 3.13. The summed E-state index contributed by atoms with van der Waals surface area (Å²) >= 11 is 0. The van der Waals surface area contributed by atoms with Gasteiger partial charge in [0.1, 0.15) is 12.9 Å². The molecular formula is C14H19N5O2. The molecule has 1 amide bonds. The summed E-state index contributed by atoms with van der Waals surface area (Å²) in [5, 5.41) is 6.88. The van der Waals surface area contributed by atoms with Gasteiger partial charge in [0.2, 0.25) is 11.7 Å². The van der Waals surface area contributed by atoms with Crippen molar-refractivity contribution in [1.29, 1.82) is 0 Å². The summed E-state index contributed by atoms with van der Waals surface area (Å²) in [4.78, 5) is 28.5. The molecule has 0 aliphatic heterocycles. The standard InChI is InChI=1S/C14H19N5O2/c1-2-3-7-15-12(20)8-18-11-6-4-5-10(11)13(21)19-14(18)16-9-17-19/h9H,2-8H2,1H3,(H,15,20). The average molecular weight is 289 g/mol. The fraction of sp³-hybridized carbons (Fsp3) is 0.571. The van der Waals surface area contributed by atoms with Crippen LogP contribution in [0.2, 0.25) is 0 Å². The molecule has 0 saturated carbocycles. The van der Waals surface area contributed by atoms with Crippen molar-refractivity contribution in [3.05, 3.63) is 27.9 Å². The largest absolute Gasteiger partial charge is 0.355 e. The first kappa shape index (κ1) is 13.8. The fourth-order valence-electron chi connectivity index (χ4n) is 2.84. The smallest absolute Gasteiger partial charge is 0.279 e. The van der Waals surface area contributed by atoms with Crippen molar-refractivity contribution in [3.63, 3.8) is 0 Å². The lowest BCUT2D eigenvalue weighted by Crippen LogP contribution is -2.32. The van der Waals surface area contributed by atoms with Crippen molar-refractivity contribution in [2.24, 2.45) is 0 Å². The summed E-state index contributed by atoms with van der Waals surface area (Å²) in [6.45, 7) is 2.95. The third-order valence-corrected chi connectivity index (χ3v) is 3.89. The first-order valence-corrected chi connectivity index (χ1v) is 7.43. The Morgan fingerprint density at radius 3 is 3.10 bits per heavy atom. The van der Waals surface area contributed by atoms with Gasteiger partial charge in [-0.25, -0.2) is 0 Å². The molecule has 1 aliphatic carbocycles. The van der Waals surface area contributed by atoms with Gasteiger partial charge in [-0.2, -0.15) is 14.6 Å². The zero-order chi connectivity index (χ0) is 14.8. The third kappa shape index (κ3) is 2.43. The second-order valence-corrected chi connectivity index (χ2v) is 5.35. The summed E-state index contributed by atoms with van der Waals surface area (Å²) in [5.74, 6) is 0.400. The summed E-state index contributed by atoms with van der Waals surface area (Å²) in [6, 6.07) is 0. The maximum atomic E-state index is 12.3. The molecule has 0 radical (unpaired) electrons. The minimum absolute atomic E-state index is 0.0499. The lowest BCUT2D eigenvalue weighted by molar-refractivity contribution is -0.121. The highest BCUT2D eigenvalue weighted by atomic mass is 16.2. The van der Waals surface area contributed by atoms with Crippen LogP contribution in [0.4, 0.5) is 0 Å². The Hall–Kier alpha value is -2.18. The molecule has 0 bridgehead atoms. The van der Waals surface area contributed by atoms with E-state index in [1.54, 1.807) is 0 Å². The van der Waals surface area contributed by atoms with Gasteiger partial charge in [-0.3, -0.25) is 9.59 Å². The molecule has 112 valence electrons. The fourth-order valence-corrected chi connectivity index (χ4v) is 2.84. The second-order valence-electron chi connectivity index (χ2n) is 5.35. The number of hydrogen-bond acceptors (Lipinski definition) is 4. The maximum absolute atomic E-state index is 12.3. The minimum atomic E-state index is -0.0994. The molecular weight excluding hydrogens is 270 g/mol.